The number of thiazole rings is 1. The Morgan fingerprint density at radius 2 is 2.27 bits per heavy atom. The normalized spacial score (nSPS) is 12.5. The summed E-state index contributed by atoms with van der Waals surface area (Å²) in [5, 5.41) is 10.8. The molecule has 0 aliphatic heterocycles. The highest BCUT2D eigenvalue weighted by Gasteiger charge is 2.08. The van der Waals surface area contributed by atoms with Crippen LogP contribution in [0.15, 0.2) is 42.2 Å². The van der Waals surface area contributed by atoms with Crippen molar-refractivity contribution in [3.8, 4) is 10.7 Å². The Labute approximate surface area is 134 Å². The minimum Gasteiger partial charge on any atom is -0.307 e. The van der Waals surface area contributed by atoms with Gasteiger partial charge in [0.15, 0.2) is 0 Å². The Bertz CT molecular complexity index is 719. The SMILES string of the molecule is Cc1cnn(C[C@H](C)NCc2csc(-c3ccccn3)n2)c1. The molecule has 0 saturated heterocycles. The number of nitrogens with zero attached hydrogens (tertiary/aromatic N) is 4. The highest BCUT2D eigenvalue weighted by Crippen LogP contribution is 2.21. The molecule has 0 bridgehead atoms. The maximum Gasteiger partial charge on any atom is 0.142 e. The first-order valence-electron chi connectivity index (χ1n) is 7.29. The lowest BCUT2D eigenvalue weighted by Crippen LogP contribution is -2.30. The topological polar surface area (TPSA) is 55.6 Å². The fraction of sp³-hybridized carbons (Fsp3) is 0.312. The molecule has 0 aliphatic carbocycles. The van der Waals surface area contributed by atoms with E-state index in [4.69, 9.17) is 0 Å². The van der Waals surface area contributed by atoms with Crippen molar-refractivity contribution in [1.29, 1.82) is 0 Å². The second-order valence-electron chi connectivity index (χ2n) is 5.38. The summed E-state index contributed by atoms with van der Waals surface area (Å²) in [4.78, 5) is 8.97. The zero-order valence-corrected chi connectivity index (χ0v) is 13.5. The molecule has 3 aromatic heterocycles. The molecule has 22 heavy (non-hydrogen) atoms. The van der Waals surface area contributed by atoms with Gasteiger partial charge in [-0.05, 0) is 31.5 Å². The average Bonchev–Trinajstić information content (AvgIpc) is 3.15. The second-order valence-corrected chi connectivity index (χ2v) is 6.24. The Balaban J connectivity index is 1.54. The van der Waals surface area contributed by atoms with Gasteiger partial charge in [-0.15, -0.1) is 11.3 Å². The van der Waals surface area contributed by atoms with E-state index in [1.165, 1.54) is 5.56 Å². The molecule has 0 aromatic carbocycles. The van der Waals surface area contributed by atoms with E-state index in [9.17, 15) is 0 Å². The summed E-state index contributed by atoms with van der Waals surface area (Å²) < 4.78 is 1.97. The lowest BCUT2D eigenvalue weighted by Gasteiger charge is -2.12. The van der Waals surface area contributed by atoms with Gasteiger partial charge < -0.3 is 5.32 Å². The monoisotopic (exact) mass is 313 g/mol. The summed E-state index contributed by atoms with van der Waals surface area (Å²) in [6.07, 6.45) is 5.73. The Kier molecular flexibility index (Phi) is 4.60. The first-order chi connectivity index (χ1) is 10.7. The summed E-state index contributed by atoms with van der Waals surface area (Å²) in [6, 6.07) is 6.21. The van der Waals surface area contributed by atoms with Crippen molar-refractivity contribution in [1.82, 2.24) is 25.1 Å². The summed E-state index contributed by atoms with van der Waals surface area (Å²) in [5.41, 5.74) is 3.17. The van der Waals surface area contributed by atoms with Crippen LogP contribution in [-0.4, -0.2) is 25.8 Å². The molecule has 0 aliphatic rings. The van der Waals surface area contributed by atoms with Crippen LogP contribution in [0, 0.1) is 6.92 Å². The highest BCUT2D eigenvalue weighted by atomic mass is 32.1. The third-order valence-electron chi connectivity index (χ3n) is 3.29. The molecule has 1 atom stereocenters. The molecule has 5 nitrogen and oxygen atoms in total. The van der Waals surface area contributed by atoms with E-state index in [0.29, 0.717) is 6.04 Å². The van der Waals surface area contributed by atoms with Gasteiger partial charge in [0.1, 0.15) is 5.01 Å². The number of rotatable bonds is 6. The molecule has 3 aromatic rings. The van der Waals surface area contributed by atoms with Crippen LogP contribution < -0.4 is 5.32 Å². The van der Waals surface area contributed by atoms with Crippen molar-refractivity contribution in [3.05, 3.63) is 53.4 Å². The molecule has 0 amide bonds. The van der Waals surface area contributed by atoms with E-state index in [0.717, 1.165) is 29.5 Å². The van der Waals surface area contributed by atoms with Crippen molar-refractivity contribution in [2.75, 3.05) is 0 Å². The number of nitrogens with one attached hydrogen (secondary N) is 1. The largest absolute Gasteiger partial charge is 0.307 e. The van der Waals surface area contributed by atoms with Gasteiger partial charge in [0.25, 0.3) is 0 Å². The van der Waals surface area contributed by atoms with E-state index in [1.807, 2.05) is 29.1 Å². The van der Waals surface area contributed by atoms with Gasteiger partial charge in [-0.25, -0.2) is 4.98 Å². The van der Waals surface area contributed by atoms with Crippen molar-refractivity contribution in [3.63, 3.8) is 0 Å². The first-order valence-corrected chi connectivity index (χ1v) is 8.17. The molecular formula is C16H19N5S. The van der Waals surface area contributed by atoms with Gasteiger partial charge in [-0.1, -0.05) is 6.07 Å². The number of aryl methyl sites for hydroxylation is 1. The maximum absolute atomic E-state index is 4.63. The lowest BCUT2D eigenvalue weighted by molar-refractivity contribution is 0.449. The molecule has 0 radical (unpaired) electrons. The van der Waals surface area contributed by atoms with Crippen LogP contribution >= 0.6 is 11.3 Å². The van der Waals surface area contributed by atoms with Crippen LogP contribution in [0.1, 0.15) is 18.2 Å². The predicted molar refractivity (Wildman–Crippen MR) is 88.6 cm³/mol. The molecule has 114 valence electrons. The molecule has 0 unspecified atom stereocenters. The standard InChI is InChI=1S/C16H19N5S/c1-12-7-19-21(9-12)10-13(2)18-8-14-11-22-16(20-14)15-5-3-4-6-17-15/h3-7,9,11,13,18H,8,10H2,1-2H3/t13-/m0/s1. The summed E-state index contributed by atoms with van der Waals surface area (Å²) in [6.45, 7) is 5.81. The minimum atomic E-state index is 0.333. The number of hydrogen-bond donors (Lipinski definition) is 1. The molecule has 0 saturated carbocycles. The van der Waals surface area contributed by atoms with E-state index >= 15 is 0 Å². The molecule has 0 spiro atoms. The van der Waals surface area contributed by atoms with Crippen LogP contribution in [0.25, 0.3) is 10.7 Å². The Morgan fingerprint density at radius 3 is 3.00 bits per heavy atom. The van der Waals surface area contributed by atoms with Gasteiger partial charge in [0, 0.05) is 30.4 Å². The quantitative estimate of drug-likeness (QED) is 0.760. The number of pyridine rings is 1. The zero-order valence-electron chi connectivity index (χ0n) is 12.7. The van der Waals surface area contributed by atoms with E-state index in [-0.39, 0.29) is 0 Å². The third-order valence-corrected chi connectivity index (χ3v) is 4.20. The van der Waals surface area contributed by atoms with Crippen molar-refractivity contribution in [2.24, 2.45) is 0 Å². The van der Waals surface area contributed by atoms with Crippen molar-refractivity contribution >= 4 is 11.3 Å². The van der Waals surface area contributed by atoms with E-state index in [2.05, 4.69) is 45.8 Å². The third kappa shape index (κ3) is 3.78. The zero-order chi connectivity index (χ0) is 15.4. The predicted octanol–water partition coefficient (Wildman–Crippen LogP) is 2.89. The average molecular weight is 313 g/mol. The van der Waals surface area contributed by atoms with Crippen LogP contribution in [0.4, 0.5) is 0 Å². The van der Waals surface area contributed by atoms with Gasteiger partial charge in [0.2, 0.25) is 0 Å². The number of hydrogen-bond acceptors (Lipinski definition) is 5. The molecule has 3 heterocycles. The molecule has 3 rings (SSSR count). The van der Waals surface area contributed by atoms with Gasteiger partial charge in [0.05, 0.1) is 24.1 Å². The summed E-state index contributed by atoms with van der Waals surface area (Å²) >= 11 is 1.63. The maximum atomic E-state index is 4.63. The Hall–Kier alpha value is -2.05. The van der Waals surface area contributed by atoms with Crippen LogP contribution in [0.5, 0.6) is 0 Å². The van der Waals surface area contributed by atoms with Crippen LogP contribution in [0.2, 0.25) is 0 Å². The fourth-order valence-corrected chi connectivity index (χ4v) is 2.98. The first kappa shape index (κ1) is 14.9. The van der Waals surface area contributed by atoms with E-state index < -0.39 is 0 Å². The van der Waals surface area contributed by atoms with E-state index in [1.54, 1.807) is 17.5 Å². The molecule has 6 heteroatoms. The fourth-order valence-electron chi connectivity index (χ4n) is 2.19. The van der Waals surface area contributed by atoms with Gasteiger partial charge >= 0.3 is 0 Å². The van der Waals surface area contributed by atoms with Crippen molar-refractivity contribution < 1.29 is 0 Å². The summed E-state index contributed by atoms with van der Waals surface area (Å²) in [5.74, 6) is 0. The molecular weight excluding hydrogens is 294 g/mol. The minimum absolute atomic E-state index is 0.333. The molecule has 1 N–H and O–H groups in total. The van der Waals surface area contributed by atoms with Gasteiger partial charge in [-0.3, -0.25) is 9.67 Å². The molecule has 0 fully saturated rings. The lowest BCUT2D eigenvalue weighted by atomic mass is 10.3. The van der Waals surface area contributed by atoms with Crippen molar-refractivity contribution in [2.45, 2.75) is 33.0 Å². The van der Waals surface area contributed by atoms with Crippen LogP contribution in [-0.2, 0) is 13.1 Å². The number of aromatic nitrogens is 4. The smallest absolute Gasteiger partial charge is 0.142 e. The van der Waals surface area contributed by atoms with Gasteiger partial charge in [-0.2, -0.15) is 5.10 Å². The summed E-state index contributed by atoms with van der Waals surface area (Å²) in [7, 11) is 0. The van der Waals surface area contributed by atoms with Crippen LogP contribution in [0.3, 0.4) is 0 Å². The Morgan fingerprint density at radius 1 is 1.36 bits per heavy atom. The second kappa shape index (κ2) is 6.81. The highest BCUT2D eigenvalue weighted by molar-refractivity contribution is 7.13.